The monoisotopic (exact) mass is 349 g/mol. The third kappa shape index (κ3) is 8.59. The average Bonchev–Trinajstić information content (AvgIpc) is 2.37. The molecule has 3 N–H and O–H groups in total. The van der Waals surface area contributed by atoms with Crippen molar-refractivity contribution < 1.29 is 4.79 Å². The highest BCUT2D eigenvalue weighted by atomic mass is 35.5. The van der Waals surface area contributed by atoms with E-state index in [0.717, 1.165) is 18.5 Å². The SMILES string of the molecule is CC(C)CC(CN(C)C)NC(=O)C(N)c1ccccc1.Cl.Cl. The first-order valence-corrected chi connectivity index (χ1v) is 7.15. The number of hydrogen-bond acceptors (Lipinski definition) is 3. The van der Waals surface area contributed by atoms with Crippen molar-refractivity contribution in [2.45, 2.75) is 32.4 Å². The van der Waals surface area contributed by atoms with Crippen LogP contribution < -0.4 is 11.1 Å². The van der Waals surface area contributed by atoms with E-state index in [2.05, 4.69) is 24.1 Å². The first kappa shape index (κ1) is 23.5. The summed E-state index contributed by atoms with van der Waals surface area (Å²) in [5, 5.41) is 3.07. The number of nitrogens with two attached hydrogens (primary N) is 1. The molecule has 0 bridgehead atoms. The summed E-state index contributed by atoms with van der Waals surface area (Å²) >= 11 is 0. The normalized spacial score (nSPS) is 13.0. The topological polar surface area (TPSA) is 58.4 Å². The number of benzene rings is 1. The van der Waals surface area contributed by atoms with Gasteiger partial charge in [-0.3, -0.25) is 4.79 Å². The molecule has 0 spiro atoms. The van der Waals surface area contributed by atoms with Crippen molar-refractivity contribution in [1.29, 1.82) is 0 Å². The van der Waals surface area contributed by atoms with Crippen LogP contribution in [-0.2, 0) is 4.79 Å². The fourth-order valence-electron chi connectivity index (χ4n) is 2.29. The van der Waals surface area contributed by atoms with Gasteiger partial charge >= 0.3 is 0 Å². The van der Waals surface area contributed by atoms with Crippen LogP contribution in [0.2, 0.25) is 0 Å². The minimum atomic E-state index is -0.604. The first-order chi connectivity index (χ1) is 9.40. The molecule has 4 nitrogen and oxygen atoms in total. The predicted molar refractivity (Wildman–Crippen MR) is 97.8 cm³/mol. The second kappa shape index (κ2) is 11.7. The van der Waals surface area contributed by atoms with Gasteiger partial charge in [0.1, 0.15) is 6.04 Å². The Labute approximate surface area is 146 Å². The Bertz CT molecular complexity index is 403. The molecule has 2 unspecified atom stereocenters. The van der Waals surface area contributed by atoms with E-state index >= 15 is 0 Å². The molecule has 0 radical (unpaired) electrons. The van der Waals surface area contributed by atoms with E-state index in [1.807, 2.05) is 44.4 Å². The number of nitrogens with one attached hydrogen (secondary N) is 1. The molecular weight excluding hydrogens is 321 g/mol. The van der Waals surface area contributed by atoms with Crippen LogP contribution >= 0.6 is 24.8 Å². The van der Waals surface area contributed by atoms with Crippen molar-refractivity contribution >= 4 is 30.7 Å². The van der Waals surface area contributed by atoms with E-state index in [-0.39, 0.29) is 36.8 Å². The molecule has 0 aromatic heterocycles. The number of amides is 1. The van der Waals surface area contributed by atoms with Crippen molar-refractivity contribution in [2.75, 3.05) is 20.6 Å². The summed E-state index contributed by atoms with van der Waals surface area (Å²) in [6.07, 6.45) is 0.950. The molecule has 6 heteroatoms. The fourth-order valence-corrected chi connectivity index (χ4v) is 2.29. The summed E-state index contributed by atoms with van der Waals surface area (Å²) in [5.74, 6) is 0.428. The summed E-state index contributed by atoms with van der Waals surface area (Å²) < 4.78 is 0. The lowest BCUT2D eigenvalue weighted by Crippen LogP contribution is -2.46. The number of carbonyl (C=O) groups is 1. The highest BCUT2D eigenvalue weighted by molar-refractivity contribution is 5.85. The first-order valence-electron chi connectivity index (χ1n) is 7.15. The highest BCUT2D eigenvalue weighted by Crippen LogP contribution is 2.11. The molecule has 0 aliphatic heterocycles. The van der Waals surface area contributed by atoms with Crippen molar-refractivity contribution in [3.63, 3.8) is 0 Å². The lowest BCUT2D eigenvalue weighted by Gasteiger charge is -2.25. The maximum absolute atomic E-state index is 12.3. The maximum Gasteiger partial charge on any atom is 0.241 e. The Balaban J connectivity index is 0. The second-order valence-electron chi connectivity index (χ2n) is 5.99. The second-order valence-corrected chi connectivity index (χ2v) is 5.99. The van der Waals surface area contributed by atoms with Gasteiger partial charge in [0.25, 0.3) is 0 Å². The average molecular weight is 350 g/mol. The van der Waals surface area contributed by atoms with Crippen LogP contribution in [-0.4, -0.2) is 37.5 Å². The molecule has 0 fully saturated rings. The molecule has 0 saturated heterocycles. The lowest BCUT2D eigenvalue weighted by atomic mass is 10.0. The smallest absolute Gasteiger partial charge is 0.241 e. The van der Waals surface area contributed by atoms with Crippen LogP contribution in [0.4, 0.5) is 0 Å². The van der Waals surface area contributed by atoms with Gasteiger partial charge in [-0.05, 0) is 32.0 Å². The third-order valence-electron chi connectivity index (χ3n) is 3.13. The molecule has 0 saturated carbocycles. The van der Waals surface area contributed by atoms with Gasteiger partial charge in [-0.2, -0.15) is 0 Å². The summed E-state index contributed by atoms with van der Waals surface area (Å²) in [5.41, 5.74) is 6.87. The number of rotatable bonds is 7. The van der Waals surface area contributed by atoms with Crippen LogP contribution in [0.5, 0.6) is 0 Å². The summed E-state index contributed by atoms with van der Waals surface area (Å²) in [7, 11) is 4.02. The zero-order valence-electron chi connectivity index (χ0n) is 13.8. The fraction of sp³-hybridized carbons (Fsp3) is 0.562. The quantitative estimate of drug-likeness (QED) is 0.795. The molecule has 2 atom stereocenters. The van der Waals surface area contributed by atoms with Gasteiger partial charge in [-0.25, -0.2) is 0 Å². The Morgan fingerprint density at radius 2 is 1.73 bits per heavy atom. The number of likely N-dealkylation sites (N-methyl/N-ethyl adjacent to an activating group) is 1. The van der Waals surface area contributed by atoms with Crippen LogP contribution in [0.25, 0.3) is 0 Å². The van der Waals surface area contributed by atoms with Crippen LogP contribution in [0.1, 0.15) is 31.9 Å². The van der Waals surface area contributed by atoms with Crippen molar-refractivity contribution in [3.8, 4) is 0 Å². The van der Waals surface area contributed by atoms with Crippen LogP contribution in [0.15, 0.2) is 30.3 Å². The van der Waals surface area contributed by atoms with E-state index in [0.29, 0.717) is 5.92 Å². The van der Waals surface area contributed by atoms with E-state index in [9.17, 15) is 4.79 Å². The Morgan fingerprint density at radius 3 is 2.18 bits per heavy atom. The minimum absolute atomic E-state index is 0. The standard InChI is InChI=1S/C16H27N3O.2ClH/c1-12(2)10-14(11-19(3)4)18-16(20)15(17)13-8-6-5-7-9-13;;/h5-9,12,14-15H,10-11,17H2,1-4H3,(H,18,20);2*1H. The number of halogens is 2. The minimum Gasteiger partial charge on any atom is -0.350 e. The molecule has 1 amide bonds. The van der Waals surface area contributed by atoms with Gasteiger partial charge in [-0.15, -0.1) is 24.8 Å². The van der Waals surface area contributed by atoms with E-state index in [4.69, 9.17) is 5.73 Å². The molecule has 128 valence electrons. The molecule has 0 aliphatic rings. The molecular formula is C16H29Cl2N3O. The zero-order chi connectivity index (χ0) is 15.1. The predicted octanol–water partition coefficient (Wildman–Crippen LogP) is 2.62. The lowest BCUT2D eigenvalue weighted by molar-refractivity contribution is -0.123. The maximum atomic E-state index is 12.3. The van der Waals surface area contributed by atoms with E-state index in [1.165, 1.54) is 0 Å². The summed E-state index contributed by atoms with van der Waals surface area (Å²) in [6, 6.07) is 9.01. The van der Waals surface area contributed by atoms with Gasteiger partial charge in [0.15, 0.2) is 0 Å². The van der Waals surface area contributed by atoms with Crippen LogP contribution in [0, 0.1) is 5.92 Å². The molecule has 1 aromatic rings. The van der Waals surface area contributed by atoms with Gasteiger partial charge < -0.3 is 16.0 Å². The zero-order valence-corrected chi connectivity index (χ0v) is 15.4. The van der Waals surface area contributed by atoms with Crippen molar-refractivity contribution in [3.05, 3.63) is 35.9 Å². The molecule has 22 heavy (non-hydrogen) atoms. The summed E-state index contributed by atoms with van der Waals surface area (Å²) in [4.78, 5) is 14.3. The molecule has 1 rings (SSSR count). The molecule has 1 aromatic carbocycles. The van der Waals surface area contributed by atoms with Gasteiger partial charge in [0, 0.05) is 12.6 Å². The third-order valence-corrected chi connectivity index (χ3v) is 3.13. The largest absolute Gasteiger partial charge is 0.350 e. The molecule has 0 aliphatic carbocycles. The van der Waals surface area contributed by atoms with Crippen molar-refractivity contribution in [1.82, 2.24) is 10.2 Å². The van der Waals surface area contributed by atoms with Gasteiger partial charge in [0.2, 0.25) is 5.91 Å². The van der Waals surface area contributed by atoms with Crippen molar-refractivity contribution in [2.24, 2.45) is 11.7 Å². The van der Waals surface area contributed by atoms with E-state index < -0.39 is 6.04 Å². The van der Waals surface area contributed by atoms with Gasteiger partial charge in [-0.1, -0.05) is 44.2 Å². The Morgan fingerprint density at radius 1 is 1.18 bits per heavy atom. The highest BCUT2D eigenvalue weighted by Gasteiger charge is 2.20. The molecule has 0 heterocycles. The number of carbonyl (C=O) groups excluding carboxylic acids is 1. The number of nitrogens with zero attached hydrogens (tertiary/aromatic N) is 1. The summed E-state index contributed by atoms with van der Waals surface area (Å²) in [6.45, 7) is 5.14. The Kier molecular flexibility index (Phi) is 12.5. The number of hydrogen-bond donors (Lipinski definition) is 2. The van der Waals surface area contributed by atoms with E-state index in [1.54, 1.807) is 0 Å². The van der Waals surface area contributed by atoms with Crippen LogP contribution in [0.3, 0.4) is 0 Å². The Hall–Kier alpha value is -0.810. The van der Waals surface area contributed by atoms with Gasteiger partial charge in [0.05, 0.1) is 0 Å².